The third-order valence-corrected chi connectivity index (χ3v) is 4.50. The van der Waals surface area contributed by atoms with Crippen molar-refractivity contribution >= 4 is 6.16 Å². The van der Waals surface area contributed by atoms with Gasteiger partial charge in [-0.3, -0.25) is 0 Å². The van der Waals surface area contributed by atoms with Crippen LogP contribution in [0.15, 0.2) is 0 Å². The van der Waals surface area contributed by atoms with E-state index >= 15 is 0 Å². The lowest BCUT2D eigenvalue weighted by Crippen LogP contribution is -2.30. The topological polar surface area (TPSA) is 72.5 Å². The zero-order valence-corrected chi connectivity index (χ0v) is 19.5. The van der Waals surface area contributed by atoms with Crippen LogP contribution in [0.1, 0.15) is 94.9 Å². The first-order valence-electron chi connectivity index (χ1n) is 10.4. The van der Waals surface area contributed by atoms with Crippen molar-refractivity contribution in [2.45, 2.75) is 131 Å². The monoisotopic (exact) mass is 406 g/mol. The molecule has 7 nitrogen and oxygen atoms in total. The average molecular weight is 407 g/mol. The zero-order chi connectivity index (χ0) is 22.0. The van der Waals surface area contributed by atoms with E-state index in [0.29, 0.717) is 12.8 Å². The van der Waals surface area contributed by atoms with Crippen molar-refractivity contribution in [1.82, 2.24) is 0 Å². The lowest BCUT2D eigenvalue weighted by atomic mass is 10.1. The predicted molar refractivity (Wildman–Crippen MR) is 108 cm³/mol. The first-order valence-corrected chi connectivity index (χ1v) is 10.4. The van der Waals surface area contributed by atoms with E-state index in [1.165, 1.54) is 0 Å². The largest absolute Gasteiger partial charge is 0.508 e. The van der Waals surface area contributed by atoms with Gasteiger partial charge in [-0.05, 0) is 68.2 Å². The van der Waals surface area contributed by atoms with Crippen molar-refractivity contribution < 1.29 is 33.8 Å². The molecule has 4 unspecified atom stereocenters. The van der Waals surface area contributed by atoms with Crippen LogP contribution in [-0.2, 0) is 29.0 Å². The summed E-state index contributed by atoms with van der Waals surface area (Å²) < 4.78 is 10.6. The summed E-state index contributed by atoms with van der Waals surface area (Å²) in [6, 6.07) is 0. The van der Waals surface area contributed by atoms with Gasteiger partial charge in [0.2, 0.25) is 0 Å². The number of carbonyl (C=O) groups excluding carboxylic acids is 1. The van der Waals surface area contributed by atoms with Crippen LogP contribution >= 0.6 is 0 Å². The van der Waals surface area contributed by atoms with Gasteiger partial charge in [-0.2, -0.15) is 0 Å². The van der Waals surface area contributed by atoms with E-state index in [4.69, 9.17) is 29.0 Å². The molecule has 0 bridgehead atoms. The lowest BCUT2D eigenvalue weighted by Gasteiger charge is -2.26. The van der Waals surface area contributed by atoms with Gasteiger partial charge in [-0.15, -0.1) is 0 Å². The molecule has 0 saturated heterocycles. The quantitative estimate of drug-likeness (QED) is 0.207. The van der Waals surface area contributed by atoms with Crippen LogP contribution in [-0.4, -0.2) is 41.8 Å². The van der Waals surface area contributed by atoms with Crippen LogP contribution in [0.3, 0.4) is 0 Å². The molecule has 4 atom stereocenters. The van der Waals surface area contributed by atoms with Gasteiger partial charge >= 0.3 is 6.16 Å². The molecule has 28 heavy (non-hydrogen) atoms. The Hall–Kier alpha value is -0.890. The third-order valence-electron chi connectivity index (χ3n) is 4.50. The molecule has 0 N–H and O–H groups in total. The normalized spacial score (nSPS) is 16.9. The molecule has 0 aromatic heterocycles. The molecule has 0 aromatic rings. The average Bonchev–Trinajstić information content (AvgIpc) is 2.58. The summed E-state index contributed by atoms with van der Waals surface area (Å²) >= 11 is 0. The molecule has 0 amide bonds. The summed E-state index contributed by atoms with van der Waals surface area (Å²) in [5.41, 5.74) is -0.691. The first kappa shape index (κ1) is 27.1. The van der Waals surface area contributed by atoms with Crippen molar-refractivity contribution in [3.63, 3.8) is 0 Å². The van der Waals surface area contributed by atoms with Crippen molar-refractivity contribution in [1.29, 1.82) is 0 Å². The first-order chi connectivity index (χ1) is 12.8. The second kappa shape index (κ2) is 12.6. The Bertz CT molecular complexity index is 398. The van der Waals surface area contributed by atoms with Crippen molar-refractivity contribution in [2.24, 2.45) is 0 Å². The Morgan fingerprint density at radius 2 is 1.00 bits per heavy atom. The van der Waals surface area contributed by atoms with Crippen molar-refractivity contribution in [3.05, 3.63) is 0 Å². The Kier molecular flexibility index (Phi) is 12.2. The highest BCUT2D eigenvalue weighted by Gasteiger charge is 2.23. The Morgan fingerprint density at radius 1 is 0.679 bits per heavy atom. The van der Waals surface area contributed by atoms with E-state index in [0.717, 1.165) is 12.8 Å². The fraction of sp³-hybridized carbons (Fsp3) is 0.952. The van der Waals surface area contributed by atoms with Gasteiger partial charge in [-0.1, -0.05) is 13.8 Å². The molecule has 168 valence electrons. The molecule has 0 heterocycles. The van der Waals surface area contributed by atoms with Gasteiger partial charge in [0.15, 0.2) is 0 Å². The van der Waals surface area contributed by atoms with Crippen LogP contribution < -0.4 is 0 Å². The molecule has 0 aliphatic heterocycles. The molecular weight excluding hydrogens is 364 g/mol. The maximum atomic E-state index is 12.0. The molecule has 0 radical (unpaired) electrons. The fourth-order valence-corrected chi connectivity index (χ4v) is 2.01. The molecule has 0 spiro atoms. The maximum Gasteiger partial charge on any atom is 0.508 e. The molecule has 0 aromatic carbocycles. The highest BCUT2D eigenvalue weighted by Crippen LogP contribution is 2.18. The third kappa shape index (κ3) is 13.3. The van der Waals surface area contributed by atoms with Crippen LogP contribution in [0.25, 0.3) is 0 Å². The van der Waals surface area contributed by atoms with Gasteiger partial charge in [0, 0.05) is 12.8 Å². The summed E-state index contributed by atoms with van der Waals surface area (Å²) in [6.07, 6.45) is 0.834. The van der Waals surface area contributed by atoms with Crippen molar-refractivity contribution in [3.8, 4) is 0 Å². The van der Waals surface area contributed by atoms with E-state index in [-0.39, 0.29) is 35.6 Å². The molecular formula is C21H42O7. The minimum Gasteiger partial charge on any atom is -0.431 e. The van der Waals surface area contributed by atoms with E-state index in [1.54, 1.807) is 13.8 Å². The summed E-state index contributed by atoms with van der Waals surface area (Å²) in [6.45, 7) is 19.2. The van der Waals surface area contributed by atoms with Crippen LogP contribution in [0, 0.1) is 0 Å². The smallest absolute Gasteiger partial charge is 0.431 e. The van der Waals surface area contributed by atoms with Gasteiger partial charge in [0.1, 0.15) is 12.2 Å². The lowest BCUT2D eigenvalue weighted by molar-refractivity contribution is -0.377. The minimum absolute atomic E-state index is 0.210. The number of carbonyl (C=O) groups is 1. The Morgan fingerprint density at radius 3 is 1.29 bits per heavy atom. The van der Waals surface area contributed by atoms with Crippen LogP contribution in [0.2, 0.25) is 0 Å². The standard InChI is InChI=1S/C21H42O7/c1-11-20(7,8)27-25-17(5)13-15(3)23-19(22)24-16(4)14-18(6)26-28-21(9,10)12-2/h15-18H,11-14H2,1-10H3. The van der Waals surface area contributed by atoms with Gasteiger partial charge in [0.05, 0.1) is 23.4 Å². The van der Waals surface area contributed by atoms with E-state index in [2.05, 4.69) is 0 Å². The number of hydrogen-bond acceptors (Lipinski definition) is 7. The summed E-state index contributed by atoms with van der Waals surface area (Å²) in [4.78, 5) is 33.6. The molecule has 7 heteroatoms. The van der Waals surface area contributed by atoms with Crippen molar-refractivity contribution in [2.75, 3.05) is 0 Å². The van der Waals surface area contributed by atoms with Gasteiger partial charge in [0.25, 0.3) is 0 Å². The van der Waals surface area contributed by atoms with Gasteiger partial charge in [-0.25, -0.2) is 24.3 Å². The summed E-state index contributed by atoms with van der Waals surface area (Å²) in [5.74, 6) is 0. The molecule has 0 aliphatic carbocycles. The van der Waals surface area contributed by atoms with Gasteiger partial charge < -0.3 is 9.47 Å². The SMILES string of the molecule is CCC(C)(C)OOC(C)CC(C)OC(=O)OC(C)CC(C)OOC(C)(C)CC. The molecule has 0 saturated carbocycles. The Balaban J connectivity index is 4.14. The predicted octanol–water partition coefficient (Wildman–Crippen LogP) is 5.75. The molecule has 0 fully saturated rings. The van der Waals surface area contributed by atoms with Crippen LogP contribution in [0.4, 0.5) is 4.79 Å². The van der Waals surface area contributed by atoms with E-state index < -0.39 is 6.16 Å². The second-order valence-corrected chi connectivity index (χ2v) is 8.79. The number of hydrogen-bond donors (Lipinski definition) is 0. The molecule has 0 rings (SSSR count). The van der Waals surface area contributed by atoms with E-state index in [1.807, 2.05) is 55.4 Å². The minimum atomic E-state index is -0.705. The maximum absolute atomic E-state index is 12.0. The number of ether oxygens (including phenoxy) is 2. The second-order valence-electron chi connectivity index (χ2n) is 8.79. The zero-order valence-electron chi connectivity index (χ0n) is 19.5. The highest BCUT2D eigenvalue weighted by molar-refractivity contribution is 5.60. The van der Waals surface area contributed by atoms with Crippen LogP contribution in [0.5, 0.6) is 0 Å². The Labute approximate surface area is 171 Å². The summed E-state index contributed by atoms with van der Waals surface area (Å²) in [5, 5.41) is 0. The number of rotatable bonds is 14. The summed E-state index contributed by atoms with van der Waals surface area (Å²) in [7, 11) is 0. The highest BCUT2D eigenvalue weighted by atomic mass is 17.2. The fourth-order valence-electron chi connectivity index (χ4n) is 2.01. The van der Waals surface area contributed by atoms with E-state index in [9.17, 15) is 4.79 Å². The molecule has 0 aliphatic rings.